The highest BCUT2D eigenvalue weighted by atomic mass is 19.1. The van der Waals surface area contributed by atoms with Gasteiger partial charge in [-0.25, -0.2) is 13.9 Å². The maximum absolute atomic E-state index is 13.1. The molecule has 0 unspecified atom stereocenters. The number of H-pyrrole nitrogens is 1. The first-order valence-corrected chi connectivity index (χ1v) is 8.92. The molecule has 26 heavy (non-hydrogen) atoms. The number of aromatic nitrogens is 3. The Morgan fingerprint density at radius 3 is 2.65 bits per heavy atom. The zero-order valence-electron chi connectivity index (χ0n) is 15.3. The number of hydrogen-bond donors (Lipinski definition) is 1. The lowest BCUT2D eigenvalue weighted by molar-refractivity contribution is 0.241. The minimum Gasteiger partial charge on any atom is -0.294 e. The van der Waals surface area contributed by atoms with Gasteiger partial charge in [0.2, 0.25) is 0 Å². The van der Waals surface area contributed by atoms with Gasteiger partial charge in [0.25, 0.3) is 5.56 Å². The Balaban J connectivity index is 1.66. The van der Waals surface area contributed by atoms with Crippen molar-refractivity contribution in [3.05, 3.63) is 69.0 Å². The molecule has 0 aliphatic carbocycles. The van der Waals surface area contributed by atoms with E-state index in [0.717, 1.165) is 35.5 Å². The molecule has 0 saturated carbocycles. The van der Waals surface area contributed by atoms with Crippen molar-refractivity contribution in [2.45, 2.75) is 45.7 Å². The van der Waals surface area contributed by atoms with Crippen LogP contribution >= 0.6 is 0 Å². The third-order valence-electron chi connectivity index (χ3n) is 4.97. The van der Waals surface area contributed by atoms with Gasteiger partial charge in [0, 0.05) is 43.2 Å². The number of rotatable bonds is 2. The molecule has 1 N–H and O–H groups in total. The van der Waals surface area contributed by atoms with Crippen LogP contribution in [0.4, 0.5) is 4.39 Å². The van der Waals surface area contributed by atoms with Crippen molar-refractivity contribution in [1.29, 1.82) is 0 Å². The molecule has 136 valence electrons. The van der Waals surface area contributed by atoms with Crippen molar-refractivity contribution in [3.8, 4) is 0 Å². The Morgan fingerprint density at radius 2 is 1.96 bits per heavy atom. The maximum atomic E-state index is 13.1. The fourth-order valence-corrected chi connectivity index (χ4v) is 3.40. The standard InChI is InChI=1S/C20H23FN4O/c1-20(2,3)17-10-18-22-16-8-9-24(11-13-4-6-14(21)7-5-13)12-15(16)19(26)25(18)23-17/h4-7,10,23H,8-9,11-12H2,1-3H3. The number of benzene rings is 1. The monoisotopic (exact) mass is 354 g/mol. The molecule has 0 spiro atoms. The Kier molecular flexibility index (Phi) is 3.95. The third-order valence-corrected chi connectivity index (χ3v) is 4.97. The molecule has 2 aromatic heterocycles. The van der Waals surface area contributed by atoms with Crippen molar-refractivity contribution in [2.24, 2.45) is 0 Å². The Morgan fingerprint density at radius 1 is 1.23 bits per heavy atom. The topological polar surface area (TPSA) is 53.4 Å². The van der Waals surface area contributed by atoms with E-state index >= 15 is 0 Å². The van der Waals surface area contributed by atoms with Gasteiger partial charge < -0.3 is 0 Å². The molecule has 1 aromatic carbocycles. The normalized spacial score (nSPS) is 15.4. The van der Waals surface area contributed by atoms with Crippen LogP contribution in [0.2, 0.25) is 0 Å². The van der Waals surface area contributed by atoms with Gasteiger partial charge in [-0.3, -0.25) is 14.8 Å². The molecule has 0 atom stereocenters. The van der Waals surface area contributed by atoms with Gasteiger partial charge >= 0.3 is 0 Å². The summed E-state index contributed by atoms with van der Waals surface area (Å²) in [5.74, 6) is -0.232. The van der Waals surface area contributed by atoms with Crippen LogP contribution in [0.1, 0.15) is 43.3 Å². The van der Waals surface area contributed by atoms with Crippen LogP contribution in [0.25, 0.3) is 5.65 Å². The fourth-order valence-electron chi connectivity index (χ4n) is 3.40. The minimum absolute atomic E-state index is 0.0238. The Hall–Kier alpha value is -2.47. The van der Waals surface area contributed by atoms with Gasteiger partial charge in [0.05, 0.1) is 11.3 Å². The summed E-state index contributed by atoms with van der Waals surface area (Å²) in [6, 6.07) is 8.49. The van der Waals surface area contributed by atoms with Gasteiger partial charge in [-0.2, -0.15) is 0 Å². The first kappa shape index (κ1) is 17.0. The first-order valence-electron chi connectivity index (χ1n) is 8.92. The van der Waals surface area contributed by atoms with E-state index < -0.39 is 0 Å². The van der Waals surface area contributed by atoms with E-state index in [-0.39, 0.29) is 16.8 Å². The lowest BCUT2D eigenvalue weighted by Gasteiger charge is -2.27. The van der Waals surface area contributed by atoms with Gasteiger partial charge in [0.15, 0.2) is 5.65 Å². The van der Waals surface area contributed by atoms with E-state index in [1.165, 1.54) is 12.1 Å². The summed E-state index contributed by atoms with van der Waals surface area (Å²) in [4.78, 5) is 19.9. The number of aromatic amines is 1. The number of fused-ring (bicyclic) bond motifs is 2. The maximum Gasteiger partial charge on any atom is 0.277 e. The van der Waals surface area contributed by atoms with Crippen LogP contribution in [0.5, 0.6) is 0 Å². The molecule has 1 aliphatic rings. The van der Waals surface area contributed by atoms with Crippen LogP contribution in [0, 0.1) is 5.82 Å². The summed E-state index contributed by atoms with van der Waals surface area (Å²) in [5.41, 5.74) is 4.26. The van der Waals surface area contributed by atoms with E-state index in [0.29, 0.717) is 18.7 Å². The highest BCUT2D eigenvalue weighted by Crippen LogP contribution is 2.23. The summed E-state index contributed by atoms with van der Waals surface area (Å²) >= 11 is 0. The smallest absolute Gasteiger partial charge is 0.277 e. The second-order valence-electron chi connectivity index (χ2n) is 8.04. The molecule has 1 aliphatic heterocycles. The number of hydrogen-bond acceptors (Lipinski definition) is 3. The van der Waals surface area contributed by atoms with E-state index in [4.69, 9.17) is 4.98 Å². The van der Waals surface area contributed by atoms with Gasteiger partial charge in [-0.15, -0.1) is 0 Å². The minimum atomic E-state index is -0.232. The molecule has 4 rings (SSSR count). The second-order valence-corrected chi connectivity index (χ2v) is 8.04. The highest BCUT2D eigenvalue weighted by molar-refractivity contribution is 5.43. The molecule has 3 heterocycles. The second kappa shape index (κ2) is 6.06. The highest BCUT2D eigenvalue weighted by Gasteiger charge is 2.24. The van der Waals surface area contributed by atoms with Crippen LogP contribution in [-0.4, -0.2) is 26.0 Å². The van der Waals surface area contributed by atoms with Crippen molar-refractivity contribution >= 4 is 5.65 Å². The molecule has 6 heteroatoms. The molecule has 0 amide bonds. The van der Waals surface area contributed by atoms with E-state index in [1.54, 1.807) is 16.6 Å². The predicted octanol–water partition coefficient (Wildman–Crippen LogP) is 3.02. The molecule has 0 saturated heterocycles. The van der Waals surface area contributed by atoms with E-state index in [2.05, 4.69) is 30.8 Å². The van der Waals surface area contributed by atoms with E-state index in [1.807, 2.05) is 6.07 Å². The number of nitrogens with one attached hydrogen (secondary N) is 1. The van der Waals surface area contributed by atoms with Crippen LogP contribution in [0.15, 0.2) is 35.1 Å². The van der Waals surface area contributed by atoms with Crippen molar-refractivity contribution in [3.63, 3.8) is 0 Å². The Labute approximate surface area is 151 Å². The quantitative estimate of drug-likeness (QED) is 0.770. The number of nitrogens with zero attached hydrogens (tertiary/aromatic N) is 3. The van der Waals surface area contributed by atoms with Crippen molar-refractivity contribution < 1.29 is 4.39 Å². The summed E-state index contributed by atoms with van der Waals surface area (Å²) < 4.78 is 14.6. The van der Waals surface area contributed by atoms with Crippen LogP contribution in [-0.2, 0) is 24.9 Å². The lowest BCUT2D eigenvalue weighted by Crippen LogP contribution is -2.36. The first-order chi connectivity index (χ1) is 12.3. The molecule has 3 aromatic rings. The van der Waals surface area contributed by atoms with Gasteiger partial charge in [0.1, 0.15) is 5.82 Å². The van der Waals surface area contributed by atoms with E-state index in [9.17, 15) is 9.18 Å². The SMILES string of the molecule is CC(C)(C)c1cc2nc3c(c(=O)n2[nH]1)CN(Cc1ccc(F)cc1)CC3. The third kappa shape index (κ3) is 3.05. The summed E-state index contributed by atoms with van der Waals surface area (Å²) in [5, 5.41) is 3.21. The summed E-state index contributed by atoms with van der Waals surface area (Å²) in [6.07, 6.45) is 0.748. The molecule has 0 bridgehead atoms. The molecule has 5 nitrogen and oxygen atoms in total. The summed E-state index contributed by atoms with van der Waals surface area (Å²) in [6.45, 7) is 8.40. The summed E-state index contributed by atoms with van der Waals surface area (Å²) in [7, 11) is 0. The fraction of sp³-hybridized carbons (Fsp3) is 0.400. The zero-order chi connectivity index (χ0) is 18.5. The molecule has 0 fully saturated rings. The largest absolute Gasteiger partial charge is 0.294 e. The van der Waals surface area contributed by atoms with Crippen molar-refractivity contribution in [1.82, 2.24) is 19.5 Å². The van der Waals surface area contributed by atoms with Crippen LogP contribution in [0.3, 0.4) is 0 Å². The lowest BCUT2D eigenvalue weighted by atomic mass is 9.93. The molecular weight excluding hydrogens is 331 g/mol. The predicted molar refractivity (Wildman–Crippen MR) is 98.7 cm³/mol. The van der Waals surface area contributed by atoms with Gasteiger partial charge in [-0.05, 0) is 17.7 Å². The Bertz CT molecular complexity index is 1010. The zero-order valence-corrected chi connectivity index (χ0v) is 15.3. The number of halogens is 1. The molecule has 0 radical (unpaired) electrons. The average Bonchev–Trinajstić information content (AvgIpc) is 3.02. The van der Waals surface area contributed by atoms with Crippen molar-refractivity contribution in [2.75, 3.05) is 6.54 Å². The van der Waals surface area contributed by atoms with Gasteiger partial charge in [-0.1, -0.05) is 32.9 Å². The molecular formula is C20H23FN4O. The average molecular weight is 354 g/mol. The van der Waals surface area contributed by atoms with Crippen LogP contribution < -0.4 is 5.56 Å².